The normalized spacial score (nSPS) is 10.7. The highest BCUT2D eigenvalue weighted by Gasteiger charge is 2.13. The van der Waals surface area contributed by atoms with Gasteiger partial charge in [-0.25, -0.2) is 8.78 Å². The van der Waals surface area contributed by atoms with Crippen molar-refractivity contribution in [3.63, 3.8) is 0 Å². The van der Waals surface area contributed by atoms with Crippen molar-refractivity contribution >= 4 is 0 Å². The summed E-state index contributed by atoms with van der Waals surface area (Å²) in [6.45, 7) is 0. The third-order valence-electron chi connectivity index (χ3n) is 4.36. The van der Waals surface area contributed by atoms with Gasteiger partial charge < -0.3 is 0 Å². The van der Waals surface area contributed by atoms with Crippen molar-refractivity contribution < 1.29 is 8.78 Å². The SMILES string of the molecule is Fc1ccc(-c2c(-c3ccc(-c4ccccc4)cc3)[c]ccc2F)cc1. The highest BCUT2D eigenvalue weighted by Crippen LogP contribution is 2.35. The summed E-state index contributed by atoms with van der Waals surface area (Å²) >= 11 is 0. The predicted molar refractivity (Wildman–Crippen MR) is 102 cm³/mol. The maximum atomic E-state index is 14.6. The van der Waals surface area contributed by atoms with Crippen LogP contribution in [0, 0.1) is 17.7 Å². The van der Waals surface area contributed by atoms with Gasteiger partial charge in [-0.3, -0.25) is 0 Å². The second-order valence-corrected chi connectivity index (χ2v) is 6.03. The molecule has 26 heavy (non-hydrogen) atoms. The quantitative estimate of drug-likeness (QED) is 0.386. The Labute approximate surface area is 151 Å². The minimum Gasteiger partial charge on any atom is -0.207 e. The van der Waals surface area contributed by atoms with Crippen LogP contribution in [0.2, 0.25) is 0 Å². The first-order valence-corrected chi connectivity index (χ1v) is 8.34. The molecule has 125 valence electrons. The van der Waals surface area contributed by atoms with Crippen LogP contribution in [-0.2, 0) is 0 Å². The van der Waals surface area contributed by atoms with Gasteiger partial charge in [0.25, 0.3) is 0 Å². The third kappa shape index (κ3) is 3.14. The molecule has 0 saturated carbocycles. The molecule has 4 aromatic rings. The second-order valence-electron chi connectivity index (χ2n) is 6.03. The molecule has 0 aliphatic heterocycles. The Balaban J connectivity index is 1.79. The van der Waals surface area contributed by atoms with Crippen LogP contribution in [0.15, 0.2) is 91.0 Å². The fourth-order valence-electron chi connectivity index (χ4n) is 3.06. The number of hydrogen-bond acceptors (Lipinski definition) is 0. The van der Waals surface area contributed by atoms with Crippen molar-refractivity contribution in [3.05, 3.63) is 109 Å². The Morgan fingerprint density at radius 1 is 0.538 bits per heavy atom. The number of benzene rings is 4. The van der Waals surface area contributed by atoms with Crippen LogP contribution < -0.4 is 0 Å². The van der Waals surface area contributed by atoms with E-state index in [9.17, 15) is 8.78 Å². The van der Waals surface area contributed by atoms with Gasteiger partial charge in [-0.1, -0.05) is 72.8 Å². The molecule has 0 unspecified atom stereocenters. The lowest BCUT2D eigenvalue weighted by atomic mass is 9.93. The summed E-state index contributed by atoms with van der Waals surface area (Å²) in [7, 11) is 0. The first kappa shape index (κ1) is 16.2. The average molecular weight is 341 g/mol. The molecular weight excluding hydrogens is 326 g/mol. The predicted octanol–water partition coefficient (Wildman–Crippen LogP) is 6.77. The van der Waals surface area contributed by atoms with Gasteiger partial charge in [0.2, 0.25) is 0 Å². The molecule has 0 aliphatic carbocycles. The largest absolute Gasteiger partial charge is 0.207 e. The average Bonchev–Trinajstić information content (AvgIpc) is 2.69. The van der Waals surface area contributed by atoms with E-state index in [0.717, 1.165) is 16.7 Å². The van der Waals surface area contributed by atoms with Gasteiger partial charge in [-0.15, -0.1) is 0 Å². The van der Waals surface area contributed by atoms with Crippen LogP contribution in [0.3, 0.4) is 0 Å². The molecule has 0 nitrogen and oxygen atoms in total. The molecule has 4 rings (SSSR count). The van der Waals surface area contributed by atoms with Gasteiger partial charge >= 0.3 is 0 Å². The third-order valence-corrected chi connectivity index (χ3v) is 4.36. The molecule has 4 aromatic carbocycles. The van der Waals surface area contributed by atoms with Gasteiger partial charge in [0.05, 0.1) is 0 Å². The maximum Gasteiger partial charge on any atom is 0.131 e. The standard InChI is InChI=1S/C24H15F2/c25-21-15-13-20(14-16-21)24-22(7-4-8-23(24)26)19-11-9-18(10-12-19)17-5-2-1-3-6-17/h1-6,8-16H. The fourth-order valence-corrected chi connectivity index (χ4v) is 3.06. The summed E-state index contributed by atoms with van der Waals surface area (Å²) in [6.07, 6.45) is 0. The van der Waals surface area contributed by atoms with E-state index in [1.807, 2.05) is 54.6 Å². The molecule has 0 amide bonds. The van der Waals surface area contributed by atoms with Gasteiger partial charge in [-0.05, 0) is 46.5 Å². The highest BCUT2D eigenvalue weighted by molar-refractivity contribution is 5.84. The molecule has 0 aromatic heterocycles. The molecule has 0 spiro atoms. The molecule has 0 saturated heterocycles. The highest BCUT2D eigenvalue weighted by atomic mass is 19.1. The Morgan fingerprint density at radius 2 is 1.12 bits per heavy atom. The summed E-state index contributed by atoms with van der Waals surface area (Å²) < 4.78 is 27.8. The topological polar surface area (TPSA) is 0 Å². The number of rotatable bonds is 3. The maximum absolute atomic E-state index is 14.6. The molecular formula is C24H15F2. The van der Waals surface area contributed by atoms with E-state index in [1.54, 1.807) is 18.2 Å². The Hall–Kier alpha value is -3.26. The van der Waals surface area contributed by atoms with Crippen molar-refractivity contribution in [2.75, 3.05) is 0 Å². The molecule has 2 heteroatoms. The summed E-state index contributed by atoms with van der Waals surface area (Å²) in [5.74, 6) is -0.694. The number of hydrogen-bond donors (Lipinski definition) is 0. The lowest BCUT2D eigenvalue weighted by Gasteiger charge is -2.12. The lowest BCUT2D eigenvalue weighted by molar-refractivity contribution is 0.626. The van der Waals surface area contributed by atoms with E-state index in [0.29, 0.717) is 16.7 Å². The molecule has 0 aliphatic rings. The van der Waals surface area contributed by atoms with E-state index in [4.69, 9.17) is 0 Å². The monoisotopic (exact) mass is 341 g/mol. The van der Waals surface area contributed by atoms with E-state index >= 15 is 0 Å². The van der Waals surface area contributed by atoms with Crippen LogP contribution >= 0.6 is 0 Å². The molecule has 0 fully saturated rings. The van der Waals surface area contributed by atoms with Gasteiger partial charge in [0.1, 0.15) is 11.6 Å². The smallest absolute Gasteiger partial charge is 0.131 e. The zero-order chi connectivity index (χ0) is 17.9. The minimum atomic E-state index is -0.350. The molecule has 0 atom stereocenters. The molecule has 1 radical (unpaired) electrons. The summed E-state index contributed by atoms with van der Waals surface area (Å²) in [6, 6.07) is 29.9. The first-order chi connectivity index (χ1) is 12.7. The van der Waals surface area contributed by atoms with Crippen molar-refractivity contribution in [2.24, 2.45) is 0 Å². The van der Waals surface area contributed by atoms with Crippen molar-refractivity contribution in [2.45, 2.75) is 0 Å². The van der Waals surface area contributed by atoms with Crippen LogP contribution in [0.4, 0.5) is 8.78 Å². The van der Waals surface area contributed by atoms with Gasteiger partial charge in [-0.2, -0.15) is 0 Å². The van der Waals surface area contributed by atoms with E-state index < -0.39 is 0 Å². The van der Waals surface area contributed by atoms with Gasteiger partial charge in [0, 0.05) is 11.1 Å². The lowest BCUT2D eigenvalue weighted by Crippen LogP contribution is -1.91. The van der Waals surface area contributed by atoms with E-state index in [-0.39, 0.29) is 11.6 Å². The van der Waals surface area contributed by atoms with Crippen molar-refractivity contribution in [1.29, 1.82) is 0 Å². The summed E-state index contributed by atoms with van der Waals surface area (Å²) in [4.78, 5) is 0. The molecule has 0 bridgehead atoms. The summed E-state index contributed by atoms with van der Waals surface area (Å²) in [5, 5.41) is 0. The zero-order valence-corrected chi connectivity index (χ0v) is 13.9. The zero-order valence-electron chi connectivity index (χ0n) is 13.9. The Morgan fingerprint density at radius 3 is 1.81 bits per heavy atom. The van der Waals surface area contributed by atoms with Crippen molar-refractivity contribution in [3.8, 4) is 33.4 Å². The molecule has 0 heterocycles. The van der Waals surface area contributed by atoms with Crippen LogP contribution in [0.5, 0.6) is 0 Å². The molecule has 0 N–H and O–H groups in total. The number of halogens is 2. The minimum absolute atomic E-state index is 0.345. The van der Waals surface area contributed by atoms with E-state index in [2.05, 4.69) is 6.07 Å². The first-order valence-electron chi connectivity index (χ1n) is 8.34. The van der Waals surface area contributed by atoms with Crippen LogP contribution in [0.1, 0.15) is 0 Å². The van der Waals surface area contributed by atoms with Crippen LogP contribution in [0.25, 0.3) is 33.4 Å². The second kappa shape index (κ2) is 6.93. The van der Waals surface area contributed by atoms with E-state index in [1.165, 1.54) is 18.2 Å². The fraction of sp³-hybridized carbons (Fsp3) is 0. The van der Waals surface area contributed by atoms with Crippen molar-refractivity contribution in [1.82, 2.24) is 0 Å². The van der Waals surface area contributed by atoms with Crippen LogP contribution in [-0.4, -0.2) is 0 Å². The Kier molecular flexibility index (Phi) is 4.32. The van der Waals surface area contributed by atoms with Gasteiger partial charge in [0.15, 0.2) is 0 Å². The summed E-state index contributed by atoms with van der Waals surface area (Å²) in [5.41, 5.74) is 4.80. The Bertz CT molecular complexity index is 1020.